The fraction of sp³-hybridized carbons (Fsp3) is 0.314. The molecule has 0 spiro atoms. The Morgan fingerprint density at radius 2 is 1.67 bits per heavy atom. The number of rotatable bonds is 6. The summed E-state index contributed by atoms with van der Waals surface area (Å²) in [6, 6.07) is 19.6. The molecular formula is C35H33N3O7. The van der Waals surface area contributed by atoms with Crippen LogP contribution in [0, 0.1) is 30.6 Å². The second kappa shape index (κ2) is 10.5. The standard InChI is InChI=1S/C35H33N3O7/c1-18-9-11-20(12-10-18)37-38-33(42)25-17-24-22(13-14-23-28(24)32(41)36-31(23)40)30(29-26(39)15-21(44-2)16-27(29)45-3)35(25,34(38)43)19-7-5-4-6-8-19/h4-13,15-16,23-25,28,30,37,39H,14,17H2,1-3H3,(H,36,40,41)/t23-,24+,25-,28-,30+,35+/m0/s1. The number of fused-ring (bicyclic) bond motifs is 4. The van der Waals surface area contributed by atoms with Crippen LogP contribution >= 0.6 is 0 Å². The van der Waals surface area contributed by atoms with Gasteiger partial charge in [0.25, 0.3) is 11.8 Å². The van der Waals surface area contributed by atoms with Crippen molar-refractivity contribution < 1.29 is 33.8 Å². The molecule has 10 heteroatoms. The van der Waals surface area contributed by atoms with Gasteiger partial charge in [-0.2, -0.15) is 5.01 Å². The van der Waals surface area contributed by atoms with E-state index < -0.39 is 46.8 Å². The molecule has 2 saturated heterocycles. The van der Waals surface area contributed by atoms with Crippen LogP contribution in [0.3, 0.4) is 0 Å². The van der Waals surface area contributed by atoms with Crippen LogP contribution in [0.4, 0.5) is 5.69 Å². The van der Waals surface area contributed by atoms with Crippen molar-refractivity contribution in [1.29, 1.82) is 0 Å². The van der Waals surface area contributed by atoms with Crippen LogP contribution in [-0.2, 0) is 24.6 Å². The van der Waals surface area contributed by atoms with Crippen LogP contribution in [0.1, 0.15) is 35.4 Å². The van der Waals surface area contributed by atoms with Gasteiger partial charge in [0.1, 0.15) is 17.2 Å². The highest BCUT2D eigenvalue weighted by Crippen LogP contribution is 2.65. The monoisotopic (exact) mass is 607 g/mol. The normalized spacial score (nSPS) is 28.6. The molecule has 2 aliphatic carbocycles. The Morgan fingerprint density at radius 1 is 0.933 bits per heavy atom. The summed E-state index contributed by atoms with van der Waals surface area (Å²) in [5.74, 6) is -4.89. The summed E-state index contributed by atoms with van der Waals surface area (Å²) in [7, 11) is 2.94. The zero-order valence-electron chi connectivity index (χ0n) is 25.1. The molecule has 0 bridgehead atoms. The van der Waals surface area contributed by atoms with E-state index in [-0.39, 0.29) is 36.2 Å². The number of phenolic OH excluding ortho intramolecular Hbond substituents is 1. The lowest BCUT2D eigenvalue weighted by Gasteiger charge is -2.50. The summed E-state index contributed by atoms with van der Waals surface area (Å²) in [5, 5.41) is 15.2. The highest BCUT2D eigenvalue weighted by molar-refractivity contribution is 6.13. The number of benzene rings is 3. The van der Waals surface area contributed by atoms with Crippen LogP contribution in [0.15, 0.2) is 78.4 Å². The topological polar surface area (TPSA) is 134 Å². The molecule has 6 atom stereocenters. The number of hydrogen-bond acceptors (Lipinski definition) is 8. The van der Waals surface area contributed by atoms with Crippen LogP contribution in [0.25, 0.3) is 0 Å². The fourth-order valence-electron chi connectivity index (χ4n) is 8.14. The number of hydrogen-bond donors (Lipinski definition) is 3. The van der Waals surface area contributed by atoms with E-state index in [0.717, 1.165) is 16.1 Å². The number of methoxy groups -OCH3 is 2. The number of anilines is 1. The molecule has 3 aromatic carbocycles. The molecule has 3 N–H and O–H groups in total. The number of nitrogens with zero attached hydrogens (tertiary/aromatic N) is 1. The van der Waals surface area contributed by atoms with E-state index in [4.69, 9.17) is 9.47 Å². The van der Waals surface area contributed by atoms with Gasteiger partial charge in [0.05, 0.1) is 43.1 Å². The van der Waals surface area contributed by atoms with Gasteiger partial charge in [0.15, 0.2) is 0 Å². The molecule has 3 aromatic rings. The zero-order chi connectivity index (χ0) is 31.6. The summed E-state index contributed by atoms with van der Waals surface area (Å²) in [5.41, 5.74) is 4.74. The van der Waals surface area contributed by atoms with E-state index in [0.29, 0.717) is 22.6 Å². The van der Waals surface area contributed by atoms with Gasteiger partial charge >= 0.3 is 0 Å². The highest BCUT2D eigenvalue weighted by atomic mass is 16.5. The number of ether oxygens (including phenoxy) is 2. The minimum Gasteiger partial charge on any atom is -0.507 e. The molecule has 45 heavy (non-hydrogen) atoms. The Kier molecular flexibility index (Phi) is 6.68. The number of carbonyl (C=O) groups excluding carboxylic acids is 4. The number of nitrogens with one attached hydrogen (secondary N) is 2. The van der Waals surface area contributed by atoms with Gasteiger partial charge in [-0.15, -0.1) is 0 Å². The second-order valence-electron chi connectivity index (χ2n) is 12.2. The Balaban J connectivity index is 1.51. The molecule has 1 saturated carbocycles. The smallest absolute Gasteiger partial charge is 0.260 e. The lowest BCUT2D eigenvalue weighted by Crippen LogP contribution is -2.53. The Hall–Kier alpha value is -5.12. The maximum absolute atomic E-state index is 15.1. The zero-order valence-corrected chi connectivity index (χ0v) is 25.1. The van der Waals surface area contributed by atoms with E-state index in [1.54, 1.807) is 18.2 Å². The summed E-state index contributed by atoms with van der Waals surface area (Å²) >= 11 is 0. The fourth-order valence-corrected chi connectivity index (χ4v) is 8.14. The van der Waals surface area contributed by atoms with E-state index in [9.17, 15) is 19.5 Å². The largest absolute Gasteiger partial charge is 0.507 e. The number of allylic oxidation sites excluding steroid dienone is 2. The van der Waals surface area contributed by atoms with Crippen molar-refractivity contribution >= 4 is 29.3 Å². The first-order valence-corrected chi connectivity index (χ1v) is 15.0. The minimum absolute atomic E-state index is 0.162. The van der Waals surface area contributed by atoms with Crippen LogP contribution in [0.2, 0.25) is 0 Å². The molecule has 4 amide bonds. The average Bonchev–Trinajstić information content (AvgIpc) is 3.46. The summed E-state index contributed by atoms with van der Waals surface area (Å²) in [6.45, 7) is 1.95. The molecule has 7 rings (SSSR count). The number of amides is 4. The SMILES string of the molecule is COc1cc(O)c([C@H]2C3=CC[C@@H]4C(=O)NC(=O)[C@@H]4[C@@H]3C[C@H]3C(=O)N(Nc4ccc(C)cc4)C(=O)[C@@]23c2ccccc2)c(OC)c1. The van der Waals surface area contributed by atoms with Gasteiger partial charge in [-0.25, -0.2) is 0 Å². The number of phenols is 1. The van der Waals surface area contributed by atoms with Crippen molar-refractivity contribution in [3.63, 3.8) is 0 Å². The third-order valence-corrected chi connectivity index (χ3v) is 10.1. The average molecular weight is 608 g/mol. The van der Waals surface area contributed by atoms with Crippen molar-refractivity contribution in [1.82, 2.24) is 10.3 Å². The third-order valence-electron chi connectivity index (χ3n) is 10.1. The number of carbonyl (C=O) groups is 4. The van der Waals surface area contributed by atoms with Crippen LogP contribution in [-0.4, -0.2) is 48.0 Å². The van der Waals surface area contributed by atoms with Crippen molar-refractivity contribution in [3.8, 4) is 17.2 Å². The van der Waals surface area contributed by atoms with E-state index in [1.165, 1.54) is 20.3 Å². The molecule has 4 aliphatic rings. The predicted molar refractivity (Wildman–Crippen MR) is 163 cm³/mol. The van der Waals surface area contributed by atoms with Crippen LogP contribution < -0.4 is 20.2 Å². The first kappa shape index (κ1) is 28.6. The van der Waals surface area contributed by atoms with Crippen molar-refractivity contribution in [3.05, 3.63) is 95.1 Å². The summed E-state index contributed by atoms with van der Waals surface area (Å²) in [6.07, 6.45) is 2.37. The maximum atomic E-state index is 15.1. The predicted octanol–water partition coefficient (Wildman–Crippen LogP) is 3.99. The van der Waals surface area contributed by atoms with E-state index >= 15 is 4.79 Å². The van der Waals surface area contributed by atoms with Crippen molar-refractivity contribution in [2.45, 2.75) is 31.1 Å². The Labute approximate surface area is 260 Å². The number of aryl methyl sites for hydroxylation is 1. The second-order valence-corrected chi connectivity index (χ2v) is 12.2. The molecule has 0 radical (unpaired) electrons. The summed E-state index contributed by atoms with van der Waals surface area (Å²) in [4.78, 5) is 55.8. The molecule has 0 unspecified atom stereocenters. The number of aromatic hydroxyl groups is 1. The molecule has 2 aliphatic heterocycles. The lowest BCUT2D eigenvalue weighted by atomic mass is 9.49. The number of imide groups is 2. The molecule has 10 nitrogen and oxygen atoms in total. The Bertz CT molecular complexity index is 1770. The Morgan fingerprint density at radius 3 is 2.36 bits per heavy atom. The van der Waals surface area contributed by atoms with Gasteiger partial charge in [0, 0.05) is 23.6 Å². The van der Waals surface area contributed by atoms with Crippen LogP contribution in [0.5, 0.6) is 17.2 Å². The maximum Gasteiger partial charge on any atom is 0.260 e. The van der Waals surface area contributed by atoms with Gasteiger partial charge in [-0.05, 0) is 43.4 Å². The summed E-state index contributed by atoms with van der Waals surface area (Å²) < 4.78 is 11.2. The third kappa shape index (κ3) is 4.08. The van der Waals surface area contributed by atoms with Gasteiger partial charge in [0.2, 0.25) is 11.8 Å². The first-order valence-electron chi connectivity index (χ1n) is 15.0. The molecular weight excluding hydrogens is 574 g/mol. The molecule has 2 heterocycles. The minimum atomic E-state index is -1.52. The molecule has 0 aromatic heterocycles. The molecule has 3 fully saturated rings. The van der Waals surface area contributed by atoms with Gasteiger partial charge in [-0.3, -0.25) is 29.9 Å². The van der Waals surface area contributed by atoms with Gasteiger partial charge in [-0.1, -0.05) is 59.7 Å². The van der Waals surface area contributed by atoms with Crippen molar-refractivity contribution in [2.75, 3.05) is 19.6 Å². The van der Waals surface area contributed by atoms with E-state index in [2.05, 4.69) is 10.7 Å². The quantitative estimate of drug-likeness (QED) is 0.283. The highest BCUT2D eigenvalue weighted by Gasteiger charge is 2.70. The number of hydrazine groups is 1. The van der Waals surface area contributed by atoms with Gasteiger partial charge < -0.3 is 14.6 Å². The van der Waals surface area contributed by atoms with Crippen molar-refractivity contribution in [2.24, 2.45) is 23.7 Å². The van der Waals surface area contributed by atoms with E-state index in [1.807, 2.05) is 55.5 Å². The first-order chi connectivity index (χ1) is 21.7. The lowest BCUT2D eigenvalue weighted by molar-refractivity contribution is -0.138. The molecule has 230 valence electrons.